The molecule has 0 N–H and O–H groups in total. The summed E-state index contributed by atoms with van der Waals surface area (Å²) in [5, 5.41) is 8.66. The molecule has 0 aliphatic rings. The van der Waals surface area contributed by atoms with Gasteiger partial charge >= 0.3 is 0 Å². The maximum atomic E-state index is 6.82. The van der Waals surface area contributed by atoms with E-state index in [0.717, 1.165) is 122 Å². The van der Waals surface area contributed by atoms with Crippen molar-refractivity contribution in [1.29, 1.82) is 0 Å². The maximum absolute atomic E-state index is 6.82. The largest absolute Gasteiger partial charge is 0.456 e. The van der Waals surface area contributed by atoms with Crippen LogP contribution < -0.4 is 9.80 Å². The van der Waals surface area contributed by atoms with Crippen LogP contribution in [-0.2, 0) is 0 Å². The molecule has 0 aliphatic carbocycles. The number of benzene rings is 13. The van der Waals surface area contributed by atoms with Gasteiger partial charge in [-0.3, -0.25) is 0 Å². The Labute approximate surface area is 451 Å². The minimum Gasteiger partial charge on any atom is -0.456 e. The highest BCUT2D eigenvalue weighted by Gasteiger charge is 2.23. The van der Waals surface area contributed by atoms with Crippen LogP contribution in [0.3, 0.4) is 0 Å². The standard InChI is InChI=1S/C74H48N2O2/c1-7-19-49(20-8-1)53-33-37-67(63(43-53)51-23-11-3-12-24-51)75(59-27-15-5-16-28-59)61-35-31-55-45-65-71(47-57(55)41-61)77-69-39-40-70-74(73(65)69)66-46-56-32-36-62(42-58(56)48-72(66)78-70)76(60-29-17-6-18-30-60)68-38-34-54(50-21-9-2-10-22-50)44-64(68)52-25-13-4-14-26-52/h1-48H. The number of fused-ring (bicyclic) bond motifs is 9. The minimum atomic E-state index is 0.828. The molecule has 4 heteroatoms. The zero-order valence-electron chi connectivity index (χ0n) is 42.4. The number of anilines is 6. The van der Waals surface area contributed by atoms with E-state index >= 15 is 0 Å². The van der Waals surface area contributed by atoms with Crippen LogP contribution in [0.4, 0.5) is 34.1 Å². The van der Waals surface area contributed by atoms with Crippen LogP contribution in [0.5, 0.6) is 0 Å². The van der Waals surface area contributed by atoms with Crippen LogP contribution in [0.15, 0.2) is 300 Å². The van der Waals surface area contributed by atoms with Gasteiger partial charge in [0.1, 0.15) is 22.3 Å². The zero-order valence-corrected chi connectivity index (χ0v) is 42.4. The predicted octanol–water partition coefficient (Wildman–Crippen LogP) is 21.4. The van der Waals surface area contributed by atoms with E-state index in [1.165, 1.54) is 22.3 Å². The molecule has 0 bridgehead atoms. The van der Waals surface area contributed by atoms with E-state index in [1.54, 1.807) is 0 Å². The Morgan fingerprint density at radius 1 is 0.218 bits per heavy atom. The second-order valence-electron chi connectivity index (χ2n) is 20.0. The Morgan fingerprint density at radius 2 is 0.577 bits per heavy atom. The molecule has 15 rings (SSSR count). The van der Waals surface area contributed by atoms with Gasteiger partial charge in [0.15, 0.2) is 0 Å². The lowest BCUT2D eigenvalue weighted by atomic mass is 9.96. The lowest BCUT2D eigenvalue weighted by molar-refractivity contribution is 0.663. The summed E-state index contributed by atoms with van der Waals surface area (Å²) in [5.41, 5.74) is 19.1. The van der Waals surface area contributed by atoms with Crippen molar-refractivity contribution in [1.82, 2.24) is 0 Å². The SMILES string of the molecule is c1ccc(-c2ccc(N(c3ccccc3)c3ccc4cc5c(cc4c3)oc3ccc4oc6cc7cc(N(c8ccccc8)c8ccc(-c9ccccc9)cc8-c8ccccc8)ccc7cc6c4c35)c(-c3ccccc3)c2)cc1. The number of hydrogen-bond donors (Lipinski definition) is 0. The Morgan fingerprint density at radius 3 is 0.962 bits per heavy atom. The molecule has 0 amide bonds. The van der Waals surface area contributed by atoms with Crippen LogP contribution >= 0.6 is 0 Å². The summed E-state index contributed by atoms with van der Waals surface area (Å²) >= 11 is 0. The monoisotopic (exact) mass is 996 g/mol. The molecule has 0 radical (unpaired) electrons. The molecule has 0 saturated carbocycles. The quantitative estimate of drug-likeness (QED) is 0.137. The van der Waals surface area contributed by atoms with E-state index in [2.05, 4.69) is 301 Å². The third-order valence-electron chi connectivity index (χ3n) is 15.4. The number of rotatable bonds is 10. The third kappa shape index (κ3) is 7.86. The van der Waals surface area contributed by atoms with E-state index in [-0.39, 0.29) is 0 Å². The van der Waals surface area contributed by atoms with E-state index in [4.69, 9.17) is 8.83 Å². The molecule has 2 aromatic heterocycles. The Hall–Kier alpha value is -10.4. The molecule has 0 spiro atoms. The van der Waals surface area contributed by atoms with Gasteiger partial charge in [0.05, 0.1) is 11.4 Å². The average molecular weight is 997 g/mol. The van der Waals surface area contributed by atoms with E-state index in [9.17, 15) is 0 Å². The Balaban J connectivity index is 0.846. The molecule has 366 valence electrons. The van der Waals surface area contributed by atoms with Crippen LogP contribution in [0.1, 0.15) is 0 Å². The molecule has 0 aliphatic heterocycles. The van der Waals surface area contributed by atoms with Crippen LogP contribution in [0.25, 0.3) is 110 Å². The van der Waals surface area contributed by atoms with Gasteiger partial charge in [-0.2, -0.15) is 0 Å². The lowest BCUT2D eigenvalue weighted by Crippen LogP contribution is -2.11. The van der Waals surface area contributed by atoms with Gasteiger partial charge in [0.25, 0.3) is 0 Å². The van der Waals surface area contributed by atoms with Gasteiger partial charge in [0.2, 0.25) is 0 Å². The van der Waals surface area contributed by atoms with Gasteiger partial charge in [-0.15, -0.1) is 0 Å². The van der Waals surface area contributed by atoms with E-state index < -0.39 is 0 Å². The molecule has 0 atom stereocenters. The molecule has 0 saturated heterocycles. The number of nitrogens with zero attached hydrogens (tertiary/aromatic N) is 2. The fourth-order valence-electron chi connectivity index (χ4n) is 11.7. The lowest BCUT2D eigenvalue weighted by Gasteiger charge is -2.28. The summed E-state index contributed by atoms with van der Waals surface area (Å²) in [6, 6.07) is 104. The minimum absolute atomic E-state index is 0.828. The summed E-state index contributed by atoms with van der Waals surface area (Å²) in [4.78, 5) is 4.75. The summed E-state index contributed by atoms with van der Waals surface area (Å²) in [7, 11) is 0. The first-order valence-corrected chi connectivity index (χ1v) is 26.5. The molecular formula is C74H48N2O2. The highest BCUT2D eigenvalue weighted by atomic mass is 16.3. The van der Waals surface area contributed by atoms with Gasteiger partial charge in [-0.25, -0.2) is 0 Å². The van der Waals surface area contributed by atoms with Crippen molar-refractivity contribution < 1.29 is 8.83 Å². The topological polar surface area (TPSA) is 32.8 Å². The highest BCUT2D eigenvalue weighted by molar-refractivity contribution is 6.28. The normalized spacial score (nSPS) is 11.6. The Kier molecular flexibility index (Phi) is 10.8. The van der Waals surface area contributed by atoms with Gasteiger partial charge in [-0.1, -0.05) is 182 Å². The number of para-hydroxylation sites is 2. The molecule has 13 aromatic carbocycles. The summed E-state index contributed by atoms with van der Waals surface area (Å²) in [6.07, 6.45) is 0. The first-order chi connectivity index (χ1) is 38.6. The second-order valence-corrected chi connectivity index (χ2v) is 20.0. The molecule has 0 unspecified atom stereocenters. The first kappa shape index (κ1) is 45.0. The van der Waals surface area contributed by atoms with Crippen LogP contribution in [-0.4, -0.2) is 0 Å². The fraction of sp³-hybridized carbons (Fsp3) is 0. The zero-order chi connectivity index (χ0) is 51.5. The van der Waals surface area contributed by atoms with Crippen molar-refractivity contribution in [3.05, 3.63) is 291 Å². The number of hydrogen-bond acceptors (Lipinski definition) is 4. The molecule has 15 aromatic rings. The summed E-state index contributed by atoms with van der Waals surface area (Å²) in [6.45, 7) is 0. The average Bonchev–Trinajstić information content (AvgIpc) is 4.29. The van der Waals surface area contributed by atoms with Crippen LogP contribution in [0, 0.1) is 0 Å². The fourth-order valence-corrected chi connectivity index (χ4v) is 11.7. The van der Waals surface area contributed by atoms with Crippen molar-refractivity contribution in [2.24, 2.45) is 0 Å². The maximum Gasteiger partial charge on any atom is 0.136 e. The van der Waals surface area contributed by atoms with Crippen LogP contribution in [0.2, 0.25) is 0 Å². The van der Waals surface area contributed by atoms with Gasteiger partial charge in [0, 0.05) is 55.4 Å². The first-order valence-electron chi connectivity index (χ1n) is 26.5. The van der Waals surface area contributed by atoms with Gasteiger partial charge < -0.3 is 18.6 Å². The molecular weight excluding hydrogens is 949 g/mol. The summed E-state index contributed by atoms with van der Waals surface area (Å²) < 4.78 is 13.6. The summed E-state index contributed by atoms with van der Waals surface area (Å²) in [5.74, 6) is 0. The van der Waals surface area contributed by atoms with Gasteiger partial charge in [-0.05, 0) is 164 Å². The highest BCUT2D eigenvalue weighted by Crippen LogP contribution is 2.48. The molecule has 0 fully saturated rings. The Bertz CT molecular complexity index is 4400. The molecule has 78 heavy (non-hydrogen) atoms. The number of furan rings is 2. The van der Waals surface area contributed by atoms with E-state index in [0.29, 0.717) is 0 Å². The third-order valence-corrected chi connectivity index (χ3v) is 15.4. The van der Waals surface area contributed by atoms with Crippen molar-refractivity contribution in [2.75, 3.05) is 9.80 Å². The molecule has 2 heterocycles. The van der Waals surface area contributed by atoms with Crippen molar-refractivity contribution in [3.63, 3.8) is 0 Å². The smallest absolute Gasteiger partial charge is 0.136 e. The van der Waals surface area contributed by atoms with Crippen molar-refractivity contribution >= 4 is 99.5 Å². The van der Waals surface area contributed by atoms with Crippen molar-refractivity contribution in [2.45, 2.75) is 0 Å². The molecule has 4 nitrogen and oxygen atoms in total. The van der Waals surface area contributed by atoms with E-state index in [1.807, 2.05) is 0 Å². The second kappa shape index (κ2) is 18.7. The predicted molar refractivity (Wildman–Crippen MR) is 327 cm³/mol. The van der Waals surface area contributed by atoms with Crippen molar-refractivity contribution in [3.8, 4) is 44.5 Å².